The second-order valence-electron chi connectivity index (χ2n) is 8.76. The van der Waals surface area contributed by atoms with E-state index in [-0.39, 0.29) is 24.0 Å². The predicted octanol–water partition coefficient (Wildman–Crippen LogP) is 4.40. The van der Waals surface area contributed by atoms with Crippen LogP contribution in [-0.4, -0.2) is 47.2 Å². The Morgan fingerprint density at radius 3 is 2.88 bits per heavy atom. The van der Waals surface area contributed by atoms with E-state index >= 15 is 0 Å². The number of amides is 1. The zero-order valence-electron chi connectivity index (χ0n) is 18.0. The summed E-state index contributed by atoms with van der Waals surface area (Å²) < 4.78 is 2.15. The monoisotopic (exact) mass is 471 g/mol. The summed E-state index contributed by atoms with van der Waals surface area (Å²) >= 11 is 12.5. The van der Waals surface area contributed by atoms with Gasteiger partial charge in [0, 0.05) is 34.9 Å². The molecule has 1 amide bonds. The van der Waals surface area contributed by atoms with Crippen molar-refractivity contribution in [3.05, 3.63) is 58.3 Å². The number of hydrogen-bond acceptors (Lipinski definition) is 4. The number of imidazole rings is 1. The lowest BCUT2D eigenvalue weighted by molar-refractivity contribution is -0.123. The average molecular weight is 472 g/mol. The molecule has 0 radical (unpaired) electrons. The first-order valence-electron chi connectivity index (χ1n) is 11.2. The minimum absolute atomic E-state index is 0.0181. The summed E-state index contributed by atoms with van der Waals surface area (Å²) in [6.07, 6.45) is 4.82. The number of benzene rings is 2. The number of nitrogens with one attached hydrogen (secondary N) is 2. The Morgan fingerprint density at radius 1 is 1.22 bits per heavy atom. The highest BCUT2D eigenvalue weighted by molar-refractivity contribution is 6.35. The highest BCUT2D eigenvalue weighted by Gasteiger charge is 2.28. The second-order valence-corrected chi connectivity index (χ2v) is 9.60. The molecular weight excluding hydrogens is 445 g/mol. The molecule has 2 fully saturated rings. The van der Waals surface area contributed by atoms with Gasteiger partial charge >= 0.3 is 0 Å². The van der Waals surface area contributed by atoms with E-state index in [1.165, 1.54) is 0 Å². The molecular formula is C24H27Cl2N5O. The molecule has 2 aliphatic heterocycles. The molecule has 1 unspecified atom stereocenters. The van der Waals surface area contributed by atoms with Crippen LogP contribution in [0.25, 0.3) is 11.0 Å². The Morgan fingerprint density at radius 2 is 2.09 bits per heavy atom. The van der Waals surface area contributed by atoms with Crippen molar-refractivity contribution in [1.82, 2.24) is 20.2 Å². The van der Waals surface area contributed by atoms with Crippen molar-refractivity contribution in [1.29, 1.82) is 0 Å². The molecule has 0 spiro atoms. The first kappa shape index (κ1) is 21.6. The van der Waals surface area contributed by atoms with Gasteiger partial charge in [-0.05, 0) is 68.6 Å². The van der Waals surface area contributed by atoms with Crippen LogP contribution in [0, 0.1) is 0 Å². The summed E-state index contributed by atoms with van der Waals surface area (Å²) in [4.78, 5) is 19.4. The van der Waals surface area contributed by atoms with Gasteiger partial charge in [-0.15, -0.1) is 0 Å². The van der Waals surface area contributed by atoms with Crippen molar-refractivity contribution < 1.29 is 4.79 Å². The molecule has 0 bridgehead atoms. The van der Waals surface area contributed by atoms with Crippen molar-refractivity contribution >= 4 is 45.8 Å². The normalized spacial score (nSPS) is 21.9. The molecule has 2 saturated heterocycles. The van der Waals surface area contributed by atoms with Gasteiger partial charge in [0.2, 0.25) is 5.91 Å². The summed E-state index contributed by atoms with van der Waals surface area (Å²) in [5.41, 5.74) is 4.15. The van der Waals surface area contributed by atoms with Crippen LogP contribution in [0.1, 0.15) is 37.8 Å². The molecule has 2 aromatic carbocycles. The predicted molar refractivity (Wildman–Crippen MR) is 130 cm³/mol. The van der Waals surface area contributed by atoms with Crippen molar-refractivity contribution in [3.8, 4) is 0 Å². The molecule has 2 aliphatic rings. The van der Waals surface area contributed by atoms with E-state index in [1.54, 1.807) is 6.07 Å². The number of nitrogens with zero attached hydrogens (tertiary/aromatic N) is 3. The number of carbonyl (C=O) groups excluding carboxylic acids is 1. The third-order valence-corrected chi connectivity index (χ3v) is 7.23. The van der Waals surface area contributed by atoms with Crippen molar-refractivity contribution in [3.63, 3.8) is 0 Å². The number of fused-ring (bicyclic) bond motifs is 1. The van der Waals surface area contributed by atoms with E-state index in [2.05, 4.69) is 50.2 Å². The van der Waals surface area contributed by atoms with Gasteiger partial charge in [0.1, 0.15) is 0 Å². The fourth-order valence-electron chi connectivity index (χ4n) is 4.83. The summed E-state index contributed by atoms with van der Waals surface area (Å²) in [6.45, 7) is 4.78. The van der Waals surface area contributed by atoms with Crippen LogP contribution in [0.5, 0.6) is 0 Å². The van der Waals surface area contributed by atoms with Crippen molar-refractivity contribution in [2.24, 2.45) is 0 Å². The van der Waals surface area contributed by atoms with Crippen LogP contribution in [0.3, 0.4) is 0 Å². The SMILES string of the molecule is C[C@H](c1ccc(Cl)cc1Cl)n1cnc2ccc(N3CCC(NC(=O)[C@H]4CCCN4)C3)cc21. The Labute approximate surface area is 197 Å². The van der Waals surface area contributed by atoms with Gasteiger partial charge in [0.25, 0.3) is 0 Å². The molecule has 3 heterocycles. The average Bonchev–Trinajstić information content (AvgIpc) is 3.53. The first-order valence-corrected chi connectivity index (χ1v) is 12.0. The second kappa shape index (κ2) is 8.93. The molecule has 0 saturated carbocycles. The lowest BCUT2D eigenvalue weighted by Crippen LogP contribution is -2.46. The lowest BCUT2D eigenvalue weighted by atomic mass is 10.1. The largest absolute Gasteiger partial charge is 0.369 e. The first-order chi connectivity index (χ1) is 15.5. The van der Waals surface area contributed by atoms with E-state index in [4.69, 9.17) is 23.2 Å². The van der Waals surface area contributed by atoms with Crippen LogP contribution in [0.15, 0.2) is 42.7 Å². The van der Waals surface area contributed by atoms with Gasteiger partial charge < -0.3 is 20.1 Å². The molecule has 2 N–H and O–H groups in total. The fourth-order valence-corrected chi connectivity index (χ4v) is 5.40. The van der Waals surface area contributed by atoms with E-state index in [0.29, 0.717) is 10.0 Å². The van der Waals surface area contributed by atoms with Crippen LogP contribution in [0.2, 0.25) is 10.0 Å². The lowest BCUT2D eigenvalue weighted by Gasteiger charge is -2.21. The van der Waals surface area contributed by atoms with E-state index in [0.717, 1.165) is 61.2 Å². The van der Waals surface area contributed by atoms with Crippen molar-refractivity contribution in [2.75, 3.05) is 24.5 Å². The summed E-state index contributed by atoms with van der Waals surface area (Å²) in [5.74, 6) is 0.136. The van der Waals surface area contributed by atoms with Gasteiger partial charge in [0.05, 0.1) is 29.4 Å². The van der Waals surface area contributed by atoms with Crippen LogP contribution in [-0.2, 0) is 4.79 Å². The molecule has 168 valence electrons. The zero-order chi connectivity index (χ0) is 22.2. The van der Waals surface area contributed by atoms with Crippen LogP contribution >= 0.6 is 23.2 Å². The Kier molecular flexibility index (Phi) is 6.01. The number of hydrogen-bond donors (Lipinski definition) is 2. The maximum atomic E-state index is 12.5. The summed E-state index contributed by atoms with van der Waals surface area (Å²) in [6, 6.07) is 12.1. The minimum atomic E-state index is -0.0315. The van der Waals surface area contributed by atoms with Crippen LogP contribution in [0.4, 0.5) is 5.69 Å². The Bertz CT molecular complexity index is 1140. The Hall–Kier alpha value is -2.28. The molecule has 5 rings (SSSR count). The highest BCUT2D eigenvalue weighted by Crippen LogP contribution is 2.32. The number of rotatable bonds is 5. The summed E-state index contributed by atoms with van der Waals surface area (Å²) in [5, 5.41) is 7.78. The van der Waals surface area contributed by atoms with Gasteiger partial charge in [-0.25, -0.2) is 4.98 Å². The number of aromatic nitrogens is 2. The highest BCUT2D eigenvalue weighted by atomic mass is 35.5. The third kappa shape index (κ3) is 4.19. The smallest absolute Gasteiger partial charge is 0.237 e. The number of anilines is 1. The summed E-state index contributed by atoms with van der Waals surface area (Å²) in [7, 11) is 0. The molecule has 3 aromatic rings. The molecule has 1 aromatic heterocycles. The third-order valence-electron chi connectivity index (χ3n) is 6.66. The number of carbonyl (C=O) groups is 1. The quantitative estimate of drug-likeness (QED) is 0.578. The van der Waals surface area contributed by atoms with Crippen LogP contribution < -0.4 is 15.5 Å². The van der Waals surface area contributed by atoms with Gasteiger partial charge in [0.15, 0.2) is 0 Å². The topological polar surface area (TPSA) is 62.2 Å². The fraction of sp³-hybridized carbons (Fsp3) is 0.417. The van der Waals surface area contributed by atoms with Crippen molar-refractivity contribution in [2.45, 2.75) is 44.3 Å². The maximum absolute atomic E-state index is 12.5. The zero-order valence-corrected chi connectivity index (χ0v) is 19.5. The standard InChI is InChI=1S/C24H27Cl2N5O/c1-15(19-6-4-16(25)11-20(19)26)31-14-28-21-7-5-18(12-23(21)31)30-10-8-17(13-30)29-24(32)22-3-2-9-27-22/h4-7,11-12,14-15,17,22,27H,2-3,8-10,13H2,1H3,(H,29,32)/t15-,17?,22-/m1/s1. The molecule has 3 atom stereocenters. The van der Waals surface area contributed by atoms with E-state index in [9.17, 15) is 4.79 Å². The molecule has 32 heavy (non-hydrogen) atoms. The van der Waals surface area contributed by atoms with Gasteiger partial charge in [-0.1, -0.05) is 29.3 Å². The molecule has 0 aliphatic carbocycles. The van der Waals surface area contributed by atoms with E-state index in [1.807, 2.05) is 18.5 Å². The molecule has 8 heteroatoms. The minimum Gasteiger partial charge on any atom is -0.369 e. The Balaban J connectivity index is 1.34. The van der Waals surface area contributed by atoms with Gasteiger partial charge in [-0.2, -0.15) is 0 Å². The number of halogens is 2. The molecule has 6 nitrogen and oxygen atoms in total. The van der Waals surface area contributed by atoms with E-state index < -0.39 is 0 Å². The maximum Gasteiger partial charge on any atom is 0.237 e. The van der Waals surface area contributed by atoms with Gasteiger partial charge in [-0.3, -0.25) is 4.79 Å².